The van der Waals surface area contributed by atoms with Crippen LogP contribution in [0.15, 0.2) is 17.7 Å². The standard InChI is InChI=1S/C24H31NO/c1-14-9-15-11-18(22(2,3)4)13-20(19(15)10-14)23-7-8-24(23,21(25)26)17-6-5-16(23)12-17/h9,11,13,16-17H,5-8,10,12H2,1-4H3,(H2,25,26). The number of allylic oxidation sites excluding steroid dienone is 1. The van der Waals surface area contributed by atoms with Crippen LogP contribution >= 0.6 is 0 Å². The summed E-state index contributed by atoms with van der Waals surface area (Å²) in [5, 5.41) is 0. The second-order valence-corrected chi connectivity index (χ2v) is 10.5. The number of carbonyl (C=O) groups excluding carboxylic acids is 1. The molecule has 0 saturated heterocycles. The number of amides is 1. The van der Waals surface area contributed by atoms with E-state index in [2.05, 4.69) is 45.9 Å². The average molecular weight is 350 g/mol. The van der Waals surface area contributed by atoms with Gasteiger partial charge in [0.15, 0.2) is 0 Å². The smallest absolute Gasteiger partial charge is 0.224 e. The van der Waals surface area contributed by atoms with Gasteiger partial charge >= 0.3 is 0 Å². The monoisotopic (exact) mass is 349 g/mol. The number of carbonyl (C=O) groups is 1. The Labute approximate surface area is 157 Å². The summed E-state index contributed by atoms with van der Waals surface area (Å²) in [6.45, 7) is 9.13. The molecule has 1 aromatic carbocycles. The molecule has 1 aromatic rings. The molecule has 0 aromatic heterocycles. The normalized spacial score (nSPS) is 37.2. The molecular formula is C24H31NO. The largest absolute Gasteiger partial charge is 0.369 e. The molecule has 2 nitrogen and oxygen atoms in total. The fourth-order valence-corrected chi connectivity index (χ4v) is 7.26. The van der Waals surface area contributed by atoms with Crippen LogP contribution in [-0.4, -0.2) is 5.91 Å². The van der Waals surface area contributed by atoms with E-state index in [-0.39, 0.29) is 22.2 Å². The van der Waals surface area contributed by atoms with Crippen LogP contribution in [0, 0.1) is 17.3 Å². The zero-order valence-electron chi connectivity index (χ0n) is 16.6. The van der Waals surface area contributed by atoms with Crippen LogP contribution in [0.1, 0.15) is 82.1 Å². The van der Waals surface area contributed by atoms with E-state index in [1.807, 2.05) is 0 Å². The van der Waals surface area contributed by atoms with Gasteiger partial charge in [0, 0.05) is 5.41 Å². The van der Waals surface area contributed by atoms with Crippen LogP contribution in [0.4, 0.5) is 0 Å². The molecule has 138 valence electrons. The summed E-state index contributed by atoms with van der Waals surface area (Å²) in [6.07, 6.45) is 9.25. The minimum Gasteiger partial charge on any atom is -0.369 e. The first-order valence-electron chi connectivity index (χ1n) is 10.3. The highest BCUT2D eigenvalue weighted by molar-refractivity contribution is 5.87. The number of hydrogen-bond acceptors (Lipinski definition) is 1. The lowest BCUT2D eigenvalue weighted by Crippen LogP contribution is -2.64. The van der Waals surface area contributed by atoms with Gasteiger partial charge in [0.1, 0.15) is 0 Å². The van der Waals surface area contributed by atoms with Crippen molar-refractivity contribution in [3.63, 3.8) is 0 Å². The highest BCUT2D eigenvalue weighted by Crippen LogP contribution is 2.77. The Morgan fingerprint density at radius 3 is 2.50 bits per heavy atom. The maximum Gasteiger partial charge on any atom is 0.224 e. The minimum atomic E-state index is -0.267. The van der Waals surface area contributed by atoms with Crippen molar-refractivity contribution >= 4 is 12.0 Å². The van der Waals surface area contributed by atoms with E-state index in [0.717, 1.165) is 19.3 Å². The maximum atomic E-state index is 12.8. The van der Waals surface area contributed by atoms with Gasteiger partial charge in [-0.15, -0.1) is 0 Å². The summed E-state index contributed by atoms with van der Waals surface area (Å²) in [5.74, 6) is 1.14. The van der Waals surface area contributed by atoms with Gasteiger partial charge in [0.05, 0.1) is 5.41 Å². The Hall–Kier alpha value is -1.57. The zero-order chi connectivity index (χ0) is 18.5. The number of fused-ring (bicyclic) bond motifs is 6. The van der Waals surface area contributed by atoms with Crippen molar-refractivity contribution in [2.45, 2.75) is 77.0 Å². The molecule has 5 rings (SSSR count). The van der Waals surface area contributed by atoms with Gasteiger partial charge in [0.2, 0.25) is 5.91 Å². The van der Waals surface area contributed by atoms with Gasteiger partial charge in [-0.25, -0.2) is 0 Å². The third kappa shape index (κ3) is 1.72. The predicted molar refractivity (Wildman–Crippen MR) is 106 cm³/mol. The average Bonchev–Trinajstić information content (AvgIpc) is 3.15. The van der Waals surface area contributed by atoms with Gasteiger partial charge < -0.3 is 5.73 Å². The molecule has 2 N–H and O–H groups in total. The number of rotatable bonds is 2. The fraction of sp³-hybridized carbons (Fsp3) is 0.625. The van der Waals surface area contributed by atoms with Crippen LogP contribution in [0.3, 0.4) is 0 Å². The summed E-state index contributed by atoms with van der Waals surface area (Å²) < 4.78 is 0. The highest BCUT2D eigenvalue weighted by Gasteiger charge is 2.75. The number of nitrogens with two attached hydrogens (primary N) is 1. The molecular weight excluding hydrogens is 318 g/mol. The second-order valence-electron chi connectivity index (χ2n) is 10.5. The lowest BCUT2D eigenvalue weighted by molar-refractivity contribution is -0.149. The van der Waals surface area contributed by atoms with E-state index >= 15 is 0 Å². The Balaban J connectivity index is 1.77. The SMILES string of the molecule is CC1=Cc2cc(C(C)(C)C)cc(C34CCC3(C(N)=O)C3CCC4C3)c2C1. The molecule has 3 saturated carbocycles. The molecule has 1 amide bonds. The lowest BCUT2D eigenvalue weighted by atomic mass is 9.41. The van der Waals surface area contributed by atoms with Crippen LogP contribution in [0.25, 0.3) is 6.08 Å². The van der Waals surface area contributed by atoms with E-state index < -0.39 is 0 Å². The summed E-state index contributed by atoms with van der Waals surface area (Å²) in [6, 6.07) is 4.87. The molecule has 4 atom stereocenters. The Kier molecular flexibility index (Phi) is 3.08. The van der Waals surface area contributed by atoms with Gasteiger partial charge in [-0.1, -0.05) is 44.6 Å². The first-order valence-corrected chi connectivity index (χ1v) is 10.3. The summed E-state index contributed by atoms with van der Waals surface area (Å²) in [4.78, 5) is 12.8. The van der Waals surface area contributed by atoms with Gasteiger partial charge in [-0.3, -0.25) is 4.79 Å². The highest BCUT2D eigenvalue weighted by atomic mass is 16.1. The molecule has 0 radical (unpaired) electrons. The first-order chi connectivity index (χ1) is 12.2. The van der Waals surface area contributed by atoms with Crippen molar-refractivity contribution in [2.24, 2.45) is 23.0 Å². The van der Waals surface area contributed by atoms with Crippen molar-refractivity contribution in [3.05, 3.63) is 40.0 Å². The van der Waals surface area contributed by atoms with E-state index in [1.54, 1.807) is 0 Å². The van der Waals surface area contributed by atoms with E-state index in [1.165, 1.54) is 47.1 Å². The predicted octanol–water partition coefficient (Wildman–Crippen LogP) is 4.88. The van der Waals surface area contributed by atoms with Crippen molar-refractivity contribution in [3.8, 4) is 0 Å². The van der Waals surface area contributed by atoms with Crippen LogP contribution in [0.5, 0.6) is 0 Å². The molecule has 0 spiro atoms. The second kappa shape index (κ2) is 4.82. The lowest BCUT2D eigenvalue weighted by Gasteiger charge is -2.61. The summed E-state index contributed by atoms with van der Waals surface area (Å²) in [5.41, 5.74) is 13.2. The Morgan fingerprint density at radius 1 is 1.15 bits per heavy atom. The van der Waals surface area contributed by atoms with E-state index in [4.69, 9.17) is 5.73 Å². The Bertz CT molecular complexity index is 858. The van der Waals surface area contributed by atoms with Crippen LogP contribution in [0.2, 0.25) is 0 Å². The molecule has 0 aliphatic heterocycles. The number of primary amides is 1. The number of benzene rings is 1. The Morgan fingerprint density at radius 2 is 1.88 bits per heavy atom. The molecule has 4 aliphatic carbocycles. The molecule has 26 heavy (non-hydrogen) atoms. The molecule has 2 bridgehead atoms. The molecule has 4 aliphatic rings. The maximum absolute atomic E-state index is 12.8. The summed E-state index contributed by atoms with van der Waals surface area (Å²) >= 11 is 0. The van der Waals surface area contributed by atoms with Crippen LogP contribution < -0.4 is 5.73 Å². The van der Waals surface area contributed by atoms with Gasteiger partial charge in [0.25, 0.3) is 0 Å². The van der Waals surface area contributed by atoms with Crippen LogP contribution in [-0.2, 0) is 22.0 Å². The van der Waals surface area contributed by atoms with E-state index in [0.29, 0.717) is 11.8 Å². The topological polar surface area (TPSA) is 43.1 Å². The fourth-order valence-electron chi connectivity index (χ4n) is 7.26. The zero-order valence-corrected chi connectivity index (χ0v) is 16.6. The molecule has 4 unspecified atom stereocenters. The van der Waals surface area contributed by atoms with Gasteiger partial charge in [-0.05, 0) is 85.0 Å². The van der Waals surface area contributed by atoms with E-state index in [9.17, 15) is 4.79 Å². The van der Waals surface area contributed by atoms with Crippen molar-refractivity contribution in [1.29, 1.82) is 0 Å². The third-order valence-corrected chi connectivity index (χ3v) is 8.46. The number of hydrogen-bond donors (Lipinski definition) is 1. The quantitative estimate of drug-likeness (QED) is 0.813. The minimum absolute atomic E-state index is 0.0194. The first kappa shape index (κ1) is 16.6. The molecule has 0 heterocycles. The molecule has 3 fully saturated rings. The van der Waals surface area contributed by atoms with Crippen molar-refractivity contribution in [1.82, 2.24) is 0 Å². The third-order valence-electron chi connectivity index (χ3n) is 8.46. The van der Waals surface area contributed by atoms with Crippen molar-refractivity contribution < 1.29 is 4.79 Å². The van der Waals surface area contributed by atoms with Gasteiger partial charge in [-0.2, -0.15) is 0 Å². The summed E-state index contributed by atoms with van der Waals surface area (Å²) in [7, 11) is 0. The molecule has 2 heteroatoms. The van der Waals surface area contributed by atoms with Crippen molar-refractivity contribution in [2.75, 3.05) is 0 Å².